The number of nitrogens with zero attached hydrogens (tertiary/aromatic N) is 2. The second kappa shape index (κ2) is 7.15. The van der Waals surface area contributed by atoms with Crippen molar-refractivity contribution in [1.29, 1.82) is 0 Å². The summed E-state index contributed by atoms with van der Waals surface area (Å²) in [7, 11) is 0. The molecule has 0 spiro atoms. The van der Waals surface area contributed by atoms with Crippen molar-refractivity contribution in [3.8, 4) is 0 Å². The van der Waals surface area contributed by atoms with Gasteiger partial charge in [-0.3, -0.25) is 10.1 Å². The molecule has 2 aromatic heterocycles. The van der Waals surface area contributed by atoms with Gasteiger partial charge in [-0.2, -0.15) is 0 Å². The highest BCUT2D eigenvalue weighted by molar-refractivity contribution is 5.86. The summed E-state index contributed by atoms with van der Waals surface area (Å²) in [6.45, 7) is 3.95. The Labute approximate surface area is 162 Å². The Hall–Kier alpha value is -3.67. The van der Waals surface area contributed by atoms with Gasteiger partial charge in [-0.05, 0) is 37.6 Å². The lowest BCUT2D eigenvalue weighted by Gasteiger charge is -2.21. The maximum Gasteiger partial charge on any atom is 0.269 e. The molecule has 4 rings (SSSR count). The van der Waals surface area contributed by atoms with Crippen molar-refractivity contribution in [1.82, 2.24) is 9.97 Å². The number of hydrogen-bond acceptors (Lipinski definition) is 4. The first-order valence-corrected chi connectivity index (χ1v) is 9.04. The number of non-ortho nitro benzene ring substituents is 1. The van der Waals surface area contributed by atoms with Gasteiger partial charge in [0.25, 0.3) is 5.69 Å². The number of anilines is 1. The predicted octanol–water partition coefficient (Wildman–Crippen LogP) is 5.29. The molecule has 0 saturated heterocycles. The lowest BCUT2D eigenvalue weighted by molar-refractivity contribution is -0.384. The molecule has 0 aliphatic carbocycles. The number of pyridine rings is 1. The number of aryl methyl sites for hydroxylation is 2. The Morgan fingerprint density at radius 2 is 1.82 bits per heavy atom. The number of benzene rings is 2. The minimum atomic E-state index is -0.368. The number of nitro benzene ring substituents is 1. The predicted molar refractivity (Wildman–Crippen MR) is 111 cm³/mol. The highest BCUT2D eigenvalue weighted by Crippen LogP contribution is 2.35. The van der Waals surface area contributed by atoms with Gasteiger partial charge >= 0.3 is 0 Å². The van der Waals surface area contributed by atoms with Gasteiger partial charge in [0.2, 0.25) is 0 Å². The van der Waals surface area contributed by atoms with Crippen LogP contribution in [-0.4, -0.2) is 14.9 Å². The topological polar surface area (TPSA) is 83.9 Å². The summed E-state index contributed by atoms with van der Waals surface area (Å²) < 4.78 is 0. The van der Waals surface area contributed by atoms with Crippen molar-refractivity contribution in [3.05, 3.63) is 99.4 Å². The van der Waals surface area contributed by atoms with E-state index in [1.165, 1.54) is 6.07 Å². The standard InChI is InChI=1S/C22H20N4O2/c1-14-7-5-12-20(23-14)25-22(16-8-6-9-17(13-16)26(27)28)21-15(2)24-19-11-4-3-10-18(19)21/h3-13,22,24H,1-2H3,(H,23,25). The fourth-order valence-corrected chi connectivity index (χ4v) is 3.58. The highest BCUT2D eigenvalue weighted by Gasteiger charge is 2.23. The van der Waals surface area contributed by atoms with Crippen LogP contribution in [0.2, 0.25) is 0 Å². The Morgan fingerprint density at radius 1 is 1.04 bits per heavy atom. The number of para-hydroxylation sites is 1. The number of hydrogen-bond donors (Lipinski definition) is 2. The summed E-state index contributed by atoms with van der Waals surface area (Å²) in [5.41, 5.74) is 4.88. The molecule has 2 aromatic carbocycles. The second-order valence-corrected chi connectivity index (χ2v) is 6.80. The molecule has 0 aliphatic heterocycles. The van der Waals surface area contributed by atoms with Crippen LogP contribution >= 0.6 is 0 Å². The number of rotatable bonds is 5. The second-order valence-electron chi connectivity index (χ2n) is 6.80. The van der Waals surface area contributed by atoms with E-state index in [0.717, 1.165) is 39.2 Å². The summed E-state index contributed by atoms with van der Waals surface area (Å²) in [6, 6.07) is 20.3. The maximum atomic E-state index is 11.3. The third-order valence-electron chi connectivity index (χ3n) is 4.83. The Morgan fingerprint density at radius 3 is 2.61 bits per heavy atom. The van der Waals surface area contributed by atoms with Gasteiger partial charge in [0.1, 0.15) is 5.82 Å². The molecule has 140 valence electrons. The van der Waals surface area contributed by atoms with Gasteiger partial charge < -0.3 is 10.3 Å². The molecule has 0 saturated carbocycles. The van der Waals surface area contributed by atoms with Gasteiger partial charge in [0.15, 0.2) is 0 Å². The average Bonchev–Trinajstić information content (AvgIpc) is 3.02. The average molecular weight is 372 g/mol. The summed E-state index contributed by atoms with van der Waals surface area (Å²) >= 11 is 0. The van der Waals surface area contributed by atoms with Gasteiger partial charge in [-0.1, -0.05) is 36.4 Å². The van der Waals surface area contributed by atoms with E-state index in [2.05, 4.69) is 21.4 Å². The lowest BCUT2D eigenvalue weighted by atomic mass is 9.95. The van der Waals surface area contributed by atoms with Crippen molar-refractivity contribution >= 4 is 22.4 Å². The maximum absolute atomic E-state index is 11.3. The first-order chi connectivity index (χ1) is 13.5. The molecule has 6 nitrogen and oxygen atoms in total. The van der Waals surface area contributed by atoms with Crippen LogP contribution in [0.15, 0.2) is 66.7 Å². The van der Waals surface area contributed by atoms with Crippen LogP contribution in [0.3, 0.4) is 0 Å². The van der Waals surface area contributed by atoms with E-state index >= 15 is 0 Å². The largest absolute Gasteiger partial charge is 0.359 e. The molecule has 2 N–H and O–H groups in total. The monoisotopic (exact) mass is 372 g/mol. The number of nitro groups is 1. The molecule has 0 fully saturated rings. The van der Waals surface area contributed by atoms with Crippen LogP contribution in [0.1, 0.15) is 28.6 Å². The van der Waals surface area contributed by atoms with E-state index < -0.39 is 0 Å². The number of nitrogens with one attached hydrogen (secondary N) is 2. The fraction of sp³-hybridized carbons (Fsp3) is 0.136. The Kier molecular flexibility index (Phi) is 4.53. The van der Waals surface area contributed by atoms with Gasteiger partial charge in [0, 0.05) is 40.0 Å². The molecule has 1 unspecified atom stereocenters. The smallest absolute Gasteiger partial charge is 0.269 e. The molecular formula is C22H20N4O2. The van der Waals surface area contributed by atoms with Crippen molar-refractivity contribution in [2.24, 2.45) is 0 Å². The van der Waals surface area contributed by atoms with Crippen LogP contribution in [-0.2, 0) is 0 Å². The van der Waals surface area contributed by atoms with Gasteiger partial charge in [0.05, 0.1) is 11.0 Å². The highest BCUT2D eigenvalue weighted by atomic mass is 16.6. The molecule has 2 heterocycles. The zero-order chi connectivity index (χ0) is 19.7. The molecule has 4 aromatic rings. The van der Waals surface area contributed by atoms with Crippen molar-refractivity contribution in [2.45, 2.75) is 19.9 Å². The van der Waals surface area contributed by atoms with Gasteiger partial charge in [-0.15, -0.1) is 0 Å². The minimum absolute atomic E-state index is 0.0685. The van der Waals surface area contributed by atoms with E-state index in [1.54, 1.807) is 12.1 Å². The lowest BCUT2D eigenvalue weighted by Crippen LogP contribution is -2.14. The van der Waals surface area contributed by atoms with E-state index in [4.69, 9.17) is 0 Å². The fourth-order valence-electron chi connectivity index (χ4n) is 3.58. The number of aromatic nitrogens is 2. The molecule has 6 heteroatoms. The molecule has 0 amide bonds. The molecule has 28 heavy (non-hydrogen) atoms. The Bertz CT molecular complexity index is 1170. The van der Waals surface area contributed by atoms with Crippen LogP contribution in [0, 0.1) is 24.0 Å². The molecule has 0 aliphatic rings. The minimum Gasteiger partial charge on any atom is -0.359 e. The van der Waals surface area contributed by atoms with Crippen molar-refractivity contribution in [3.63, 3.8) is 0 Å². The summed E-state index contributed by atoms with van der Waals surface area (Å²) in [4.78, 5) is 18.9. The molecular weight excluding hydrogens is 352 g/mol. The van der Waals surface area contributed by atoms with E-state index in [0.29, 0.717) is 0 Å². The van der Waals surface area contributed by atoms with Gasteiger partial charge in [-0.25, -0.2) is 4.98 Å². The zero-order valence-electron chi connectivity index (χ0n) is 15.6. The normalized spacial score (nSPS) is 12.1. The third kappa shape index (κ3) is 3.32. The van der Waals surface area contributed by atoms with Crippen LogP contribution < -0.4 is 5.32 Å². The number of H-pyrrole nitrogens is 1. The SMILES string of the molecule is Cc1cccc(NC(c2cccc([N+](=O)[O-])c2)c2c(C)[nH]c3ccccc23)n1. The quantitative estimate of drug-likeness (QED) is 0.368. The van der Waals surface area contributed by atoms with E-state index in [-0.39, 0.29) is 16.7 Å². The first kappa shape index (κ1) is 17.7. The Balaban J connectivity index is 1.89. The number of fused-ring (bicyclic) bond motifs is 1. The summed E-state index contributed by atoms with van der Waals surface area (Å²) in [5, 5.41) is 15.9. The van der Waals surface area contributed by atoms with Crippen LogP contribution in [0.25, 0.3) is 10.9 Å². The first-order valence-electron chi connectivity index (χ1n) is 9.04. The molecule has 0 radical (unpaired) electrons. The van der Waals surface area contributed by atoms with Crippen molar-refractivity contribution < 1.29 is 4.92 Å². The molecule has 1 atom stereocenters. The van der Waals surface area contributed by atoms with Crippen molar-refractivity contribution in [2.75, 3.05) is 5.32 Å². The summed E-state index contributed by atoms with van der Waals surface area (Å²) in [5.74, 6) is 0.723. The zero-order valence-corrected chi connectivity index (χ0v) is 15.6. The van der Waals surface area contributed by atoms with Crippen LogP contribution in [0.4, 0.5) is 11.5 Å². The van der Waals surface area contributed by atoms with E-state index in [9.17, 15) is 10.1 Å². The van der Waals surface area contributed by atoms with E-state index in [1.807, 2.05) is 56.3 Å². The third-order valence-corrected chi connectivity index (χ3v) is 4.83. The van der Waals surface area contributed by atoms with Crippen LogP contribution in [0.5, 0.6) is 0 Å². The summed E-state index contributed by atoms with van der Waals surface area (Å²) in [6.07, 6.45) is 0. The molecule has 0 bridgehead atoms. The number of aromatic amines is 1.